The predicted molar refractivity (Wildman–Crippen MR) is 55.6 cm³/mol. The number of aliphatic imine (C=N–C) groups is 1. The molecule has 5 nitrogen and oxygen atoms in total. The second kappa shape index (κ2) is 4.45. The zero-order valence-electron chi connectivity index (χ0n) is 7.93. The van der Waals surface area contributed by atoms with Gasteiger partial charge in [0, 0.05) is 6.54 Å². The van der Waals surface area contributed by atoms with Crippen molar-refractivity contribution in [1.82, 2.24) is 15.5 Å². The second-order valence-electron chi connectivity index (χ2n) is 3.08. The summed E-state index contributed by atoms with van der Waals surface area (Å²) in [6.45, 7) is 1.55. The fourth-order valence-corrected chi connectivity index (χ4v) is 1.67. The van der Waals surface area contributed by atoms with Gasteiger partial charge >= 0.3 is 0 Å². The third-order valence-electron chi connectivity index (χ3n) is 1.98. The molecule has 76 valence electrons. The van der Waals surface area contributed by atoms with Crippen molar-refractivity contribution in [3.63, 3.8) is 0 Å². The molecule has 0 spiro atoms. The monoisotopic (exact) mass is 212 g/mol. The highest BCUT2D eigenvalue weighted by atomic mass is 32.2. The summed E-state index contributed by atoms with van der Waals surface area (Å²) in [4.78, 5) is 8.43. The predicted octanol–water partition coefficient (Wildman–Crippen LogP) is 0.648. The minimum atomic E-state index is 0.225. The third-order valence-corrected chi connectivity index (χ3v) is 2.53. The number of aromatic nitrogens is 2. The van der Waals surface area contributed by atoms with E-state index in [9.17, 15) is 0 Å². The van der Waals surface area contributed by atoms with Gasteiger partial charge in [-0.25, -0.2) is 0 Å². The standard InChI is InChI=1S/C8H12N4OS/c1-14-4-7-11-8(13-12-7)6-2-9-5-10-3-6/h5-6H,2-4H2,1H3,(H,9,10). The summed E-state index contributed by atoms with van der Waals surface area (Å²) < 4.78 is 5.17. The van der Waals surface area contributed by atoms with Crippen LogP contribution in [-0.2, 0) is 5.75 Å². The van der Waals surface area contributed by atoms with E-state index in [1.807, 2.05) is 6.26 Å². The number of hydrogen-bond acceptors (Lipinski definition) is 6. The van der Waals surface area contributed by atoms with Gasteiger partial charge in [-0.05, 0) is 6.26 Å². The van der Waals surface area contributed by atoms with Crippen LogP contribution in [-0.4, -0.2) is 35.8 Å². The van der Waals surface area contributed by atoms with E-state index in [2.05, 4.69) is 20.4 Å². The van der Waals surface area contributed by atoms with Gasteiger partial charge in [-0.3, -0.25) is 4.99 Å². The highest BCUT2D eigenvalue weighted by molar-refractivity contribution is 7.97. The number of rotatable bonds is 3. The van der Waals surface area contributed by atoms with E-state index >= 15 is 0 Å². The van der Waals surface area contributed by atoms with Crippen LogP contribution in [0.3, 0.4) is 0 Å². The minimum Gasteiger partial charge on any atom is -0.376 e. The van der Waals surface area contributed by atoms with Crippen LogP contribution in [0.15, 0.2) is 9.52 Å². The Kier molecular flexibility index (Phi) is 3.03. The summed E-state index contributed by atoms with van der Waals surface area (Å²) >= 11 is 1.68. The van der Waals surface area contributed by atoms with Crippen molar-refractivity contribution < 1.29 is 4.52 Å². The smallest absolute Gasteiger partial charge is 0.233 e. The minimum absolute atomic E-state index is 0.225. The summed E-state index contributed by atoms with van der Waals surface area (Å²) in [6.07, 6.45) is 3.73. The Balaban J connectivity index is 2.04. The molecule has 1 aliphatic rings. The van der Waals surface area contributed by atoms with Gasteiger partial charge < -0.3 is 9.84 Å². The average Bonchev–Trinajstić information content (AvgIpc) is 2.68. The van der Waals surface area contributed by atoms with Crippen LogP contribution in [0.1, 0.15) is 17.6 Å². The Morgan fingerprint density at radius 1 is 1.71 bits per heavy atom. The highest BCUT2D eigenvalue weighted by Gasteiger charge is 2.19. The number of nitrogens with one attached hydrogen (secondary N) is 1. The first-order chi connectivity index (χ1) is 6.90. The fourth-order valence-electron chi connectivity index (χ4n) is 1.29. The molecule has 1 aromatic heterocycles. The second-order valence-corrected chi connectivity index (χ2v) is 3.95. The highest BCUT2D eigenvalue weighted by Crippen LogP contribution is 2.16. The number of nitrogens with zero attached hydrogens (tertiary/aromatic N) is 3. The van der Waals surface area contributed by atoms with Crippen molar-refractivity contribution >= 4 is 18.1 Å². The molecule has 1 unspecified atom stereocenters. The third kappa shape index (κ3) is 2.06. The topological polar surface area (TPSA) is 63.3 Å². The zero-order valence-corrected chi connectivity index (χ0v) is 8.75. The Bertz CT molecular complexity index is 325. The van der Waals surface area contributed by atoms with Gasteiger partial charge in [0.1, 0.15) is 0 Å². The van der Waals surface area contributed by atoms with Crippen LogP contribution in [0.4, 0.5) is 0 Å². The molecular weight excluding hydrogens is 200 g/mol. The molecule has 6 heteroatoms. The van der Waals surface area contributed by atoms with Crippen LogP contribution < -0.4 is 5.32 Å². The lowest BCUT2D eigenvalue weighted by Crippen LogP contribution is -2.27. The van der Waals surface area contributed by atoms with Crippen molar-refractivity contribution in [2.45, 2.75) is 11.7 Å². The molecule has 2 heterocycles. The molecule has 0 aliphatic carbocycles. The molecule has 0 bridgehead atoms. The molecule has 14 heavy (non-hydrogen) atoms. The first kappa shape index (κ1) is 9.51. The van der Waals surface area contributed by atoms with Gasteiger partial charge in [0.2, 0.25) is 5.89 Å². The maximum Gasteiger partial charge on any atom is 0.233 e. The summed E-state index contributed by atoms with van der Waals surface area (Å²) in [5.41, 5.74) is 0. The van der Waals surface area contributed by atoms with Crippen molar-refractivity contribution in [3.05, 3.63) is 11.7 Å². The normalized spacial score (nSPS) is 20.8. The van der Waals surface area contributed by atoms with Gasteiger partial charge in [0.15, 0.2) is 5.82 Å². The molecule has 1 aliphatic heterocycles. The Morgan fingerprint density at radius 2 is 2.64 bits per heavy atom. The molecule has 0 amide bonds. The van der Waals surface area contributed by atoms with Gasteiger partial charge in [-0.1, -0.05) is 5.16 Å². The van der Waals surface area contributed by atoms with Crippen LogP contribution in [0.25, 0.3) is 0 Å². The van der Waals surface area contributed by atoms with Crippen molar-refractivity contribution in [1.29, 1.82) is 0 Å². The fraction of sp³-hybridized carbons (Fsp3) is 0.625. The van der Waals surface area contributed by atoms with E-state index in [-0.39, 0.29) is 5.92 Å². The first-order valence-electron chi connectivity index (χ1n) is 4.43. The molecule has 0 aromatic carbocycles. The number of hydrogen-bond donors (Lipinski definition) is 1. The zero-order chi connectivity index (χ0) is 9.80. The van der Waals surface area contributed by atoms with Gasteiger partial charge in [0.05, 0.1) is 24.6 Å². The van der Waals surface area contributed by atoms with E-state index in [4.69, 9.17) is 4.52 Å². The molecule has 0 saturated carbocycles. The lowest BCUT2D eigenvalue weighted by molar-refractivity contribution is 0.349. The molecule has 0 radical (unpaired) electrons. The van der Waals surface area contributed by atoms with E-state index in [1.165, 1.54) is 0 Å². The van der Waals surface area contributed by atoms with Gasteiger partial charge in [0.25, 0.3) is 0 Å². The van der Waals surface area contributed by atoms with Crippen molar-refractivity contribution in [3.8, 4) is 0 Å². The maximum absolute atomic E-state index is 5.17. The Labute approximate surface area is 86.4 Å². The maximum atomic E-state index is 5.17. The van der Waals surface area contributed by atoms with Crippen LogP contribution in [0, 0.1) is 0 Å². The SMILES string of the molecule is CSCc1noc(C2CN=CNC2)n1. The summed E-state index contributed by atoms with van der Waals surface area (Å²) in [5, 5.41) is 6.94. The van der Waals surface area contributed by atoms with Gasteiger partial charge in [-0.15, -0.1) is 0 Å². The molecule has 1 N–H and O–H groups in total. The van der Waals surface area contributed by atoms with E-state index in [0.29, 0.717) is 5.89 Å². The van der Waals surface area contributed by atoms with E-state index in [0.717, 1.165) is 24.7 Å². The summed E-state index contributed by atoms with van der Waals surface area (Å²) in [6, 6.07) is 0. The van der Waals surface area contributed by atoms with Crippen LogP contribution >= 0.6 is 11.8 Å². The molecule has 1 atom stereocenters. The quantitative estimate of drug-likeness (QED) is 0.797. The van der Waals surface area contributed by atoms with Crippen molar-refractivity contribution in [2.75, 3.05) is 19.3 Å². The molecule has 0 fully saturated rings. The average molecular weight is 212 g/mol. The van der Waals surface area contributed by atoms with Gasteiger partial charge in [-0.2, -0.15) is 16.7 Å². The van der Waals surface area contributed by atoms with E-state index < -0.39 is 0 Å². The lowest BCUT2D eigenvalue weighted by Gasteiger charge is -2.13. The van der Waals surface area contributed by atoms with Crippen LogP contribution in [0.5, 0.6) is 0 Å². The first-order valence-corrected chi connectivity index (χ1v) is 5.82. The molecule has 2 rings (SSSR count). The summed E-state index contributed by atoms with van der Waals surface area (Å²) in [7, 11) is 0. The molecular formula is C8H12N4OS. The van der Waals surface area contributed by atoms with Crippen LogP contribution in [0.2, 0.25) is 0 Å². The Hall–Kier alpha value is -1.04. The molecule has 0 saturated heterocycles. The lowest BCUT2D eigenvalue weighted by atomic mass is 10.1. The molecule has 1 aromatic rings. The largest absolute Gasteiger partial charge is 0.376 e. The van der Waals surface area contributed by atoms with Crippen molar-refractivity contribution in [2.24, 2.45) is 4.99 Å². The summed E-state index contributed by atoms with van der Waals surface area (Å²) in [5.74, 6) is 2.48. The number of thioether (sulfide) groups is 1. The van der Waals surface area contributed by atoms with E-state index in [1.54, 1.807) is 18.1 Å². The Morgan fingerprint density at radius 3 is 3.36 bits per heavy atom.